The first-order valence-corrected chi connectivity index (χ1v) is 6.51. The molecule has 0 bridgehead atoms. The highest BCUT2D eigenvalue weighted by Crippen LogP contribution is 2.28. The summed E-state index contributed by atoms with van der Waals surface area (Å²) in [6.45, 7) is 1.96. The van der Waals surface area contributed by atoms with Gasteiger partial charge in [-0.05, 0) is 25.7 Å². The summed E-state index contributed by atoms with van der Waals surface area (Å²) in [5.74, 6) is 0. The number of nitro groups is 1. The van der Waals surface area contributed by atoms with Crippen LogP contribution in [0.2, 0.25) is 0 Å². The van der Waals surface area contributed by atoms with E-state index in [2.05, 4.69) is 10.3 Å². The molecular formula is C13H18N4O2. The molecule has 1 aromatic heterocycles. The highest BCUT2D eigenvalue weighted by molar-refractivity contribution is 5.30. The van der Waals surface area contributed by atoms with Crippen LogP contribution in [0.3, 0.4) is 0 Å². The average molecular weight is 262 g/mol. The smallest absolute Gasteiger partial charge is 0.249 e. The first-order chi connectivity index (χ1) is 9.10. The first-order valence-electron chi connectivity index (χ1n) is 6.51. The van der Waals surface area contributed by atoms with Gasteiger partial charge in [-0.15, -0.1) is 5.10 Å². The average Bonchev–Trinajstić information content (AvgIpc) is 2.81. The van der Waals surface area contributed by atoms with Gasteiger partial charge < -0.3 is 0 Å². The van der Waals surface area contributed by atoms with Crippen LogP contribution in [0.25, 0.3) is 0 Å². The minimum absolute atomic E-state index is 0.241. The Morgan fingerprint density at radius 2 is 2.21 bits per heavy atom. The fraction of sp³-hybridized carbons (Fsp3) is 0.538. The third-order valence-corrected chi connectivity index (χ3v) is 3.39. The quantitative estimate of drug-likeness (QED) is 0.603. The van der Waals surface area contributed by atoms with E-state index in [0.717, 1.165) is 30.5 Å². The summed E-state index contributed by atoms with van der Waals surface area (Å²) < 4.78 is 1.69. The number of rotatable bonds is 5. The molecule has 1 aromatic rings. The molecule has 0 N–H and O–H groups in total. The zero-order valence-corrected chi connectivity index (χ0v) is 11.3. The van der Waals surface area contributed by atoms with Crippen molar-refractivity contribution in [3.8, 4) is 0 Å². The van der Waals surface area contributed by atoms with Gasteiger partial charge in [0.15, 0.2) is 0 Å². The molecule has 102 valence electrons. The van der Waals surface area contributed by atoms with Crippen LogP contribution in [0.4, 0.5) is 0 Å². The maximum Gasteiger partial charge on any atom is 0.249 e. The first kappa shape index (κ1) is 13.5. The second-order valence-corrected chi connectivity index (χ2v) is 4.77. The summed E-state index contributed by atoms with van der Waals surface area (Å²) in [6, 6.07) is 0. The van der Waals surface area contributed by atoms with Crippen molar-refractivity contribution in [1.29, 1.82) is 0 Å². The zero-order chi connectivity index (χ0) is 13.8. The third-order valence-electron chi connectivity index (χ3n) is 3.39. The molecule has 0 unspecified atom stereocenters. The van der Waals surface area contributed by atoms with Crippen LogP contribution in [0.1, 0.15) is 38.3 Å². The Morgan fingerprint density at radius 3 is 2.79 bits per heavy atom. The molecule has 19 heavy (non-hydrogen) atoms. The van der Waals surface area contributed by atoms with Gasteiger partial charge in [0.05, 0.1) is 10.6 Å². The van der Waals surface area contributed by atoms with Crippen molar-refractivity contribution >= 4 is 0 Å². The maximum atomic E-state index is 10.9. The minimum Gasteiger partial charge on any atom is -0.259 e. The topological polar surface area (TPSA) is 73.8 Å². The monoisotopic (exact) mass is 262 g/mol. The highest BCUT2D eigenvalue weighted by atomic mass is 16.6. The van der Waals surface area contributed by atoms with Crippen LogP contribution in [0.5, 0.6) is 0 Å². The van der Waals surface area contributed by atoms with Crippen molar-refractivity contribution < 1.29 is 4.92 Å². The van der Waals surface area contributed by atoms with Crippen LogP contribution in [0, 0.1) is 10.1 Å². The lowest BCUT2D eigenvalue weighted by molar-refractivity contribution is -0.429. The lowest BCUT2D eigenvalue weighted by Crippen LogP contribution is -2.08. The van der Waals surface area contributed by atoms with Crippen molar-refractivity contribution in [2.45, 2.75) is 39.0 Å². The summed E-state index contributed by atoms with van der Waals surface area (Å²) in [6.07, 6.45) is 7.67. The van der Waals surface area contributed by atoms with Crippen molar-refractivity contribution in [1.82, 2.24) is 15.0 Å². The van der Waals surface area contributed by atoms with Gasteiger partial charge in [0.2, 0.25) is 5.70 Å². The zero-order valence-electron chi connectivity index (χ0n) is 11.3. The predicted octanol–water partition coefficient (Wildman–Crippen LogP) is 2.41. The standard InChI is InChI=1S/C13H18N4O2/c1-3-11-8-10(5-7-13(11)17(18)19)4-6-12-9-16(2)15-14-12/h8-9H,3-7H2,1-2H3. The van der Waals surface area contributed by atoms with E-state index in [1.165, 1.54) is 5.57 Å². The van der Waals surface area contributed by atoms with Crippen molar-refractivity contribution in [2.24, 2.45) is 7.05 Å². The van der Waals surface area contributed by atoms with Gasteiger partial charge in [0.25, 0.3) is 0 Å². The molecule has 1 heterocycles. The van der Waals surface area contributed by atoms with E-state index >= 15 is 0 Å². The molecule has 0 atom stereocenters. The summed E-state index contributed by atoms with van der Waals surface area (Å²) in [7, 11) is 1.84. The summed E-state index contributed by atoms with van der Waals surface area (Å²) >= 11 is 0. The summed E-state index contributed by atoms with van der Waals surface area (Å²) in [5.41, 5.74) is 3.48. The van der Waals surface area contributed by atoms with Crippen LogP contribution in [-0.2, 0) is 13.5 Å². The number of allylic oxidation sites excluding steroid dienone is 4. The predicted molar refractivity (Wildman–Crippen MR) is 71.0 cm³/mol. The number of hydrogen-bond acceptors (Lipinski definition) is 4. The maximum absolute atomic E-state index is 10.9. The van der Waals surface area contributed by atoms with Crippen LogP contribution in [0.15, 0.2) is 29.1 Å². The van der Waals surface area contributed by atoms with Crippen molar-refractivity contribution in [2.75, 3.05) is 0 Å². The Labute approximate surface area is 112 Å². The van der Waals surface area contributed by atoms with E-state index in [9.17, 15) is 10.1 Å². The van der Waals surface area contributed by atoms with Gasteiger partial charge >= 0.3 is 0 Å². The molecule has 2 rings (SSSR count). The molecule has 0 aromatic carbocycles. The molecule has 6 heteroatoms. The number of hydrogen-bond donors (Lipinski definition) is 0. The molecule has 0 aliphatic heterocycles. The van der Waals surface area contributed by atoms with Crippen LogP contribution in [-0.4, -0.2) is 19.9 Å². The normalized spacial score (nSPS) is 15.6. The van der Waals surface area contributed by atoms with Gasteiger partial charge in [0.1, 0.15) is 0 Å². The largest absolute Gasteiger partial charge is 0.259 e. The molecule has 0 saturated carbocycles. The van der Waals surface area contributed by atoms with E-state index in [4.69, 9.17) is 0 Å². The van der Waals surface area contributed by atoms with Gasteiger partial charge in [0, 0.05) is 25.2 Å². The number of aryl methyl sites for hydroxylation is 2. The Kier molecular flexibility index (Phi) is 4.09. The third kappa shape index (κ3) is 3.27. The number of nitrogens with zero attached hydrogens (tertiary/aromatic N) is 4. The molecule has 0 spiro atoms. The molecule has 0 saturated heterocycles. The van der Waals surface area contributed by atoms with E-state index < -0.39 is 0 Å². The molecule has 0 radical (unpaired) electrons. The molecule has 1 aliphatic rings. The second kappa shape index (κ2) is 5.77. The Morgan fingerprint density at radius 1 is 1.42 bits per heavy atom. The van der Waals surface area contributed by atoms with Gasteiger partial charge in [-0.25, -0.2) is 0 Å². The Balaban J connectivity index is 2.04. The molecule has 0 amide bonds. The van der Waals surface area contributed by atoms with Crippen LogP contribution < -0.4 is 0 Å². The van der Waals surface area contributed by atoms with Gasteiger partial charge in [-0.1, -0.05) is 23.8 Å². The summed E-state index contributed by atoms with van der Waals surface area (Å²) in [5, 5.41) is 18.9. The Hall–Kier alpha value is -1.98. The second-order valence-electron chi connectivity index (χ2n) is 4.77. The minimum atomic E-state index is -0.241. The van der Waals surface area contributed by atoms with Crippen molar-refractivity contribution in [3.63, 3.8) is 0 Å². The molecular weight excluding hydrogens is 244 g/mol. The van der Waals surface area contributed by atoms with E-state index in [0.29, 0.717) is 18.5 Å². The molecule has 6 nitrogen and oxygen atoms in total. The van der Waals surface area contributed by atoms with E-state index in [1.807, 2.05) is 26.2 Å². The number of aromatic nitrogens is 3. The van der Waals surface area contributed by atoms with Crippen LogP contribution >= 0.6 is 0 Å². The summed E-state index contributed by atoms with van der Waals surface area (Å²) in [4.78, 5) is 10.7. The van der Waals surface area contributed by atoms with Gasteiger partial charge in [-0.2, -0.15) is 0 Å². The molecule has 1 aliphatic carbocycles. The SMILES string of the molecule is CCC1=C([N+](=O)[O-])CCC(CCc2cn(C)nn2)=C1. The van der Waals surface area contributed by atoms with Crippen molar-refractivity contribution in [3.05, 3.63) is 44.9 Å². The van der Waals surface area contributed by atoms with E-state index in [1.54, 1.807) is 4.68 Å². The lowest BCUT2D eigenvalue weighted by Gasteiger charge is -2.13. The molecule has 0 fully saturated rings. The Bertz CT molecular complexity index is 543. The van der Waals surface area contributed by atoms with E-state index in [-0.39, 0.29) is 4.92 Å². The fourth-order valence-electron chi connectivity index (χ4n) is 2.35. The van der Waals surface area contributed by atoms with Gasteiger partial charge in [-0.3, -0.25) is 14.8 Å². The fourth-order valence-corrected chi connectivity index (χ4v) is 2.35. The highest BCUT2D eigenvalue weighted by Gasteiger charge is 2.21. The lowest BCUT2D eigenvalue weighted by atomic mass is 9.92.